The quantitative estimate of drug-likeness (QED) is 0.937. The molecule has 1 N–H and O–H groups in total. The Hall–Kier alpha value is -1.62. The van der Waals surface area contributed by atoms with E-state index in [9.17, 15) is 5.11 Å². The number of fused-ring (bicyclic) bond motifs is 1. The number of ether oxygens (including phenoxy) is 1. The fraction of sp³-hybridized carbons (Fsp3) is 0.500. The molecule has 2 aromatic rings. The molecule has 2 aliphatic heterocycles. The second kappa shape index (κ2) is 6.36. The topological polar surface area (TPSA) is 45.8 Å². The van der Waals surface area contributed by atoms with Crippen LogP contribution in [0.1, 0.15) is 17.7 Å². The molecule has 0 radical (unpaired) electrons. The molecule has 1 aromatic heterocycles. The minimum atomic E-state index is 0.0185. The van der Waals surface area contributed by atoms with E-state index in [0.29, 0.717) is 5.92 Å². The first-order valence-corrected chi connectivity index (χ1v) is 8.75. The standard InChI is InChI=1S/C20H25NO3/c1-15-2-4-16(5-3-15)19-7-6-18(24-19)11-21-10-17-12-23-9-8-20(17,13-21)14-22/h2-7,17,22H,8-14H2,1H3/t17-,20-/m1/s1. The van der Waals surface area contributed by atoms with Crippen LogP contribution in [0.3, 0.4) is 0 Å². The maximum Gasteiger partial charge on any atom is 0.134 e. The normalized spacial score (nSPS) is 27.3. The SMILES string of the molecule is Cc1ccc(-c2ccc(CN3C[C@@H]4COCC[C@]4(CO)C3)o2)cc1. The molecule has 24 heavy (non-hydrogen) atoms. The van der Waals surface area contributed by atoms with E-state index in [1.807, 2.05) is 6.07 Å². The molecule has 2 saturated heterocycles. The van der Waals surface area contributed by atoms with Crippen molar-refractivity contribution in [3.05, 3.63) is 47.7 Å². The molecule has 2 atom stereocenters. The first kappa shape index (κ1) is 15.9. The summed E-state index contributed by atoms with van der Waals surface area (Å²) in [5.74, 6) is 2.34. The number of nitrogens with zero attached hydrogens (tertiary/aromatic N) is 1. The van der Waals surface area contributed by atoms with Crippen molar-refractivity contribution >= 4 is 0 Å². The average molecular weight is 327 g/mol. The Morgan fingerprint density at radius 3 is 2.79 bits per heavy atom. The number of hydrogen-bond donors (Lipinski definition) is 1. The first-order valence-electron chi connectivity index (χ1n) is 8.75. The summed E-state index contributed by atoms with van der Waals surface area (Å²) in [6, 6.07) is 12.5. The van der Waals surface area contributed by atoms with Gasteiger partial charge in [0.1, 0.15) is 11.5 Å². The summed E-state index contributed by atoms with van der Waals surface area (Å²) in [6.07, 6.45) is 0.956. The molecule has 0 amide bonds. The summed E-state index contributed by atoms with van der Waals surface area (Å²) in [5, 5.41) is 9.91. The van der Waals surface area contributed by atoms with Gasteiger partial charge in [-0.1, -0.05) is 29.8 Å². The predicted molar refractivity (Wildman–Crippen MR) is 92.6 cm³/mol. The highest BCUT2D eigenvalue weighted by atomic mass is 16.5. The van der Waals surface area contributed by atoms with E-state index in [0.717, 1.165) is 56.4 Å². The summed E-state index contributed by atoms with van der Waals surface area (Å²) in [7, 11) is 0. The third kappa shape index (κ3) is 2.90. The van der Waals surface area contributed by atoms with Crippen molar-refractivity contribution in [2.45, 2.75) is 19.9 Å². The minimum Gasteiger partial charge on any atom is -0.460 e. The highest BCUT2D eigenvalue weighted by molar-refractivity contribution is 5.57. The van der Waals surface area contributed by atoms with Gasteiger partial charge in [-0.2, -0.15) is 0 Å². The zero-order valence-electron chi connectivity index (χ0n) is 14.2. The Morgan fingerprint density at radius 2 is 2.04 bits per heavy atom. The summed E-state index contributed by atoms with van der Waals surface area (Å²) >= 11 is 0. The fourth-order valence-corrected chi connectivity index (χ4v) is 4.09. The second-order valence-corrected chi connectivity index (χ2v) is 7.34. The molecule has 1 aromatic carbocycles. The van der Waals surface area contributed by atoms with Crippen molar-refractivity contribution in [3.8, 4) is 11.3 Å². The van der Waals surface area contributed by atoms with E-state index in [1.54, 1.807) is 0 Å². The van der Waals surface area contributed by atoms with E-state index in [4.69, 9.17) is 9.15 Å². The van der Waals surface area contributed by atoms with E-state index < -0.39 is 0 Å². The molecule has 3 heterocycles. The van der Waals surface area contributed by atoms with Gasteiger partial charge >= 0.3 is 0 Å². The highest BCUT2D eigenvalue weighted by Crippen LogP contribution is 2.42. The van der Waals surface area contributed by atoms with Crippen LogP contribution in [0.4, 0.5) is 0 Å². The van der Waals surface area contributed by atoms with Crippen molar-refractivity contribution in [3.63, 3.8) is 0 Å². The molecular weight excluding hydrogens is 302 g/mol. The van der Waals surface area contributed by atoms with Crippen LogP contribution in [-0.4, -0.2) is 42.9 Å². The van der Waals surface area contributed by atoms with Crippen LogP contribution < -0.4 is 0 Å². The van der Waals surface area contributed by atoms with E-state index in [-0.39, 0.29) is 12.0 Å². The Labute approximate surface area is 143 Å². The molecular formula is C20H25NO3. The Bertz CT molecular complexity index is 693. The van der Waals surface area contributed by atoms with Gasteiger partial charge in [0.25, 0.3) is 0 Å². The van der Waals surface area contributed by atoms with Gasteiger partial charge in [-0.15, -0.1) is 0 Å². The number of rotatable bonds is 4. The van der Waals surface area contributed by atoms with Crippen molar-refractivity contribution < 1.29 is 14.3 Å². The molecule has 2 fully saturated rings. The lowest BCUT2D eigenvalue weighted by atomic mass is 9.75. The molecule has 0 unspecified atom stereocenters. The summed E-state index contributed by atoms with van der Waals surface area (Å²) < 4.78 is 11.7. The number of likely N-dealkylation sites (tertiary alicyclic amines) is 1. The molecule has 0 spiro atoms. The van der Waals surface area contributed by atoms with Crippen LogP contribution in [0.15, 0.2) is 40.8 Å². The number of furan rings is 1. The molecule has 0 bridgehead atoms. The maximum absolute atomic E-state index is 9.91. The number of aliphatic hydroxyl groups excluding tert-OH is 1. The number of aryl methyl sites for hydroxylation is 1. The lowest BCUT2D eigenvalue weighted by Crippen LogP contribution is -2.41. The van der Waals surface area contributed by atoms with Crippen LogP contribution in [0, 0.1) is 18.3 Å². The van der Waals surface area contributed by atoms with Crippen LogP contribution in [0.5, 0.6) is 0 Å². The number of benzene rings is 1. The molecule has 2 aliphatic rings. The van der Waals surface area contributed by atoms with Gasteiger partial charge in [0, 0.05) is 36.6 Å². The van der Waals surface area contributed by atoms with Crippen molar-refractivity contribution in [1.82, 2.24) is 4.90 Å². The molecule has 0 aliphatic carbocycles. The van der Waals surface area contributed by atoms with Gasteiger partial charge in [-0.25, -0.2) is 0 Å². The highest BCUT2D eigenvalue weighted by Gasteiger charge is 2.47. The van der Waals surface area contributed by atoms with Gasteiger partial charge < -0.3 is 14.3 Å². The lowest BCUT2D eigenvalue weighted by molar-refractivity contribution is -0.0417. The summed E-state index contributed by atoms with van der Waals surface area (Å²) in [6.45, 7) is 6.57. The molecule has 0 saturated carbocycles. The minimum absolute atomic E-state index is 0.0185. The Balaban J connectivity index is 1.46. The van der Waals surface area contributed by atoms with E-state index in [1.165, 1.54) is 5.56 Å². The lowest BCUT2D eigenvalue weighted by Gasteiger charge is -2.36. The zero-order valence-corrected chi connectivity index (χ0v) is 14.2. The van der Waals surface area contributed by atoms with Gasteiger partial charge in [0.05, 0.1) is 19.8 Å². The smallest absolute Gasteiger partial charge is 0.134 e. The fourth-order valence-electron chi connectivity index (χ4n) is 4.09. The van der Waals surface area contributed by atoms with E-state index in [2.05, 4.69) is 42.2 Å². The van der Waals surface area contributed by atoms with Crippen LogP contribution in [0.2, 0.25) is 0 Å². The predicted octanol–water partition coefficient (Wildman–Crippen LogP) is 3.09. The molecule has 128 valence electrons. The van der Waals surface area contributed by atoms with Crippen LogP contribution in [0.25, 0.3) is 11.3 Å². The van der Waals surface area contributed by atoms with Gasteiger partial charge in [-0.3, -0.25) is 4.90 Å². The summed E-state index contributed by atoms with van der Waals surface area (Å²) in [4.78, 5) is 2.40. The van der Waals surface area contributed by atoms with Gasteiger partial charge in [0.2, 0.25) is 0 Å². The first-order chi connectivity index (χ1) is 11.7. The Kier molecular flexibility index (Phi) is 4.21. The van der Waals surface area contributed by atoms with E-state index >= 15 is 0 Å². The van der Waals surface area contributed by atoms with Crippen molar-refractivity contribution in [1.29, 1.82) is 0 Å². The largest absolute Gasteiger partial charge is 0.460 e. The molecule has 4 rings (SSSR count). The van der Waals surface area contributed by atoms with Gasteiger partial charge in [0.15, 0.2) is 0 Å². The summed E-state index contributed by atoms with van der Waals surface area (Å²) in [5.41, 5.74) is 2.38. The number of aliphatic hydroxyl groups is 1. The third-order valence-electron chi connectivity index (χ3n) is 5.64. The monoisotopic (exact) mass is 327 g/mol. The number of hydrogen-bond acceptors (Lipinski definition) is 4. The van der Waals surface area contributed by atoms with Crippen LogP contribution in [-0.2, 0) is 11.3 Å². The Morgan fingerprint density at radius 1 is 1.21 bits per heavy atom. The van der Waals surface area contributed by atoms with Crippen LogP contribution >= 0.6 is 0 Å². The average Bonchev–Trinajstić information content (AvgIpc) is 3.20. The molecule has 4 heteroatoms. The third-order valence-corrected chi connectivity index (χ3v) is 5.64. The van der Waals surface area contributed by atoms with Crippen molar-refractivity contribution in [2.75, 3.05) is 32.9 Å². The maximum atomic E-state index is 9.91. The second-order valence-electron chi connectivity index (χ2n) is 7.34. The molecule has 4 nitrogen and oxygen atoms in total. The van der Waals surface area contributed by atoms with Gasteiger partial charge in [-0.05, 0) is 25.5 Å². The zero-order chi connectivity index (χ0) is 16.6. The van der Waals surface area contributed by atoms with Crippen molar-refractivity contribution in [2.24, 2.45) is 11.3 Å².